The van der Waals surface area contributed by atoms with Gasteiger partial charge in [0.25, 0.3) is 0 Å². The topological polar surface area (TPSA) is 59.1 Å². The van der Waals surface area contributed by atoms with E-state index in [0.29, 0.717) is 31.7 Å². The van der Waals surface area contributed by atoms with Crippen LogP contribution in [0.1, 0.15) is 15.9 Å². The summed E-state index contributed by atoms with van der Waals surface area (Å²) in [6.45, 7) is 2.81. The van der Waals surface area contributed by atoms with Crippen LogP contribution in [-0.2, 0) is 16.1 Å². The average Bonchev–Trinajstić information content (AvgIpc) is 2.72. The van der Waals surface area contributed by atoms with Crippen LogP contribution in [0.4, 0.5) is 10.5 Å². The van der Waals surface area contributed by atoms with Crippen LogP contribution in [-0.4, -0.2) is 50.3 Å². The second-order valence-corrected chi connectivity index (χ2v) is 6.06. The third-order valence-corrected chi connectivity index (χ3v) is 4.38. The Kier molecular flexibility index (Phi) is 5.73. The van der Waals surface area contributed by atoms with Crippen LogP contribution in [0.25, 0.3) is 0 Å². The van der Waals surface area contributed by atoms with E-state index in [1.54, 1.807) is 11.0 Å². The quantitative estimate of drug-likeness (QED) is 0.790. The number of anilines is 1. The maximum absolute atomic E-state index is 12.2. The van der Waals surface area contributed by atoms with E-state index in [1.165, 1.54) is 7.11 Å². The summed E-state index contributed by atoms with van der Waals surface area (Å²) in [5, 5.41) is 0. The van der Waals surface area contributed by atoms with E-state index in [0.717, 1.165) is 11.3 Å². The molecule has 26 heavy (non-hydrogen) atoms. The lowest BCUT2D eigenvalue weighted by atomic mass is 10.1. The van der Waals surface area contributed by atoms with Gasteiger partial charge in [-0.1, -0.05) is 36.4 Å². The molecule has 0 saturated carbocycles. The van der Waals surface area contributed by atoms with E-state index < -0.39 is 0 Å². The molecule has 2 aromatic carbocycles. The van der Waals surface area contributed by atoms with Crippen molar-refractivity contribution in [1.82, 2.24) is 4.90 Å². The number of hydrogen-bond donors (Lipinski definition) is 0. The number of carbonyl (C=O) groups is 2. The highest BCUT2D eigenvalue weighted by Crippen LogP contribution is 2.19. The average molecular weight is 354 g/mol. The van der Waals surface area contributed by atoms with Gasteiger partial charge in [0, 0.05) is 31.9 Å². The van der Waals surface area contributed by atoms with Gasteiger partial charge < -0.3 is 19.3 Å². The summed E-state index contributed by atoms with van der Waals surface area (Å²) < 4.78 is 10.1. The first-order chi connectivity index (χ1) is 12.7. The minimum Gasteiger partial charge on any atom is -0.465 e. The molecule has 136 valence electrons. The molecule has 0 aromatic heterocycles. The maximum atomic E-state index is 12.2. The first kappa shape index (κ1) is 17.8. The van der Waals surface area contributed by atoms with Crippen LogP contribution >= 0.6 is 0 Å². The molecule has 3 rings (SSSR count). The minimum atomic E-state index is -0.352. The van der Waals surface area contributed by atoms with Crippen molar-refractivity contribution in [3.63, 3.8) is 0 Å². The molecule has 1 heterocycles. The zero-order valence-electron chi connectivity index (χ0n) is 14.8. The van der Waals surface area contributed by atoms with E-state index in [2.05, 4.69) is 4.90 Å². The van der Waals surface area contributed by atoms with Gasteiger partial charge in [0.1, 0.15) is 6.61 Å². The third kappa shape index (κ3) is 4.33. The lowest BCUT2D eigenvalue weighted by Gasteiger charge is -2.35. The van der Waals surface area contributed by atoms with E-state index in [1.807, 2.05) is 48.5 Å². The zero-order chi connectivity index (χ0) is 18.4. The summed E-state index contributed by atoms with van der Waals surface area (Å²) in [5.74, 6) is -0.352. The lowest BCUT2D eigenvalue weighted by Crippen LogP contribution is -2.49. The molecule has 1 fully saturated rings. The monoisotopic (exact) mass is 354 g/mol. The Morgan fingerprint density at radius 2 is 1.69 bits per heavy atom. The molecule has 2 aromatic rings. The number of ether oxygens (including phenoxy) is 2. The van der Waals surface area contributed by atoms with Gasteiger partial charge in [0.15, 0.2) is 0 Å². The number of nitrogens with zero attached hydrogens (tertiary/aromatic N) is 2. The highest BCUT2D eigenvalue weighted by atomic mass is 16.6. The molecule has 1 saturated heterocycles. The fourth-order valence-corrected chi connectivity index (χ4v) is 2.91. The molecule has 6 heteroatoms. The predicted molar refractivity (Wildman–Crippen MR) is 98.2 cm³/mol. The van der Waals surface area contributed by atoms with Crippen LogP contribution in [0.5, 0.6) is 0 Å². The molecule has 0 radical (unpaired) electrons. The first-order valence-corrected chi connectivity index (χ1v) is 8.56. The molecular weight excluding hydrogens is 332 g/mol. The molecule has 0 unspecified atom stereocenters. The molecule has 0 aliphatic carbocycles. The van der Waals surface area contributed by atoms with Gasteiger partial charge in [-0.3, -0.25) is 0 Å². The van der Waals surface area contributed by atoms with Crippen molar-refractivity contribution in [3.05, 3.63) is 65.7 Å². The molecule has 0 bridgehead atoms. The lowest BCUT2D eigenvalue weighted by molar-refractivity contribution is 0.0600. The smallest absolute Gasteiger partial charge is 0.410 e. The zero-order valence-corrected chi connectivity index (χ0v) is 14.8. The fourth-order valence-electron chi connectivity index (χ4n) is 2.91. The highest BCUT2D eigenvalue weighted by Gasteiger charge is 2.22. The van der Waals surface area contributed by atoms with Crippen LogP contribution in [0.3, 0.4) is 0 Å². The van der Waals surface area contributed by atoms with Gasteiger partial charge in [-0.2, -0.15) is 0 Å². The summed E-state index contributed by atoms with van der Waals surface area (Å²) in [7, 11) is 1.37. The van der Waals surface area contributed by atoms with E-state index in [-0.39, 0.29) is 18.7 Å². The molecule has 0 N–H and O–H groups in total. The fraction of sp³-hybridized carbons (Fsp3) is 0.300. The summed E-state index contributed by atoms with van der Waals surface area (Å²) in [5.41, 5.74) is 2.44. The summed E-state index contributed by atoms with van der Waals surface area (Å²) >= 11 is 0. The Hall–Kier alpha value is -3.02. The standard InChI is InChI=1S/C20H22N2O4/c1-25-19(23)17-8-5-9-18(14-17)21-10-12-22(13-11-21)20(24)26-15-16-6-3-2-4-7-16/h2-9,14H,10-13,15H2,1H3. The Labute approximate surface area is 152 Å². The molecule has 1 amide bonds. The van der Waals surface area contributed by atoms with Crippen molar-refractivity contribution in [2.24, 2.45) is 0 Å². The van der Waals surface area contributed by atoms with Crippen molar-refractivity contribution in [1.29, 1.82) is 0 Å². The normalized spacial score (nSPS) is 14.0. The van der Waals surface area contributed by atoms with Gasteiger partial charge in [-0.25, -0.2) is 9.59 Å². The minimum absolute atomic E-state index is 0.279. The van der Waals surface area contributed by atoms with Crippen molar-refractivity contribution < 1.29 is 19.1 Å². The Bertz CT molecular complexity index is 755. The van der Waals surface area contributed by atoms with Crippen molar-refractivity contribution in [2.45, 2.75) is 6.61 Å². The van der Waals surface area contributed by atoms with Crippen molar-refractivity contribution in [2.75, 3.05) is 38.2 Å². The molecule has 0 atom stereocenters. The summed E-state index contributed by atoms with van der Waals surface area (Å²) in [6, 6.07) is 17.0. The number of amides is 1. The molecule has 1 aliphatic rings. The largest absolute Gasteiger partial charge is 0.465 e. The predicted octanol–water partition coefficient (Wildman–Crippen LogP) is 2.93. The maximum Gasteiger partial charge on any atom is 0.410 e. The van der Waals surface area contributed by atoms with Gasteiger partial charge in [0.2, 0.25) is 0 Å². The van der Waals surface area contributed by atoms with Crippen LogP contribution in [0.2, 0.25) is 0 Å². The molecule has 1 aliphatic heterocycles. The van der Waals surface area contributed by atoms with E-state index in [9.17, 15) is 9.59 Å². The van der Waals surface area contributed by atoms with Crippen LogP contribution in [0, 0.1) is 0 Å². The van der Waals surface area contributed by atoms with Gasteiger partial charge in [0.05, 0.1) is 12.7 Å². The third-order valence-electron chi connectivity index (χ3n) is 4.38. The van der Waals surface area contributed by atoms with Crippen LogP contribution < -0.4 is 4.90 Å². The molecule has 6 nitrogen and oxygen atoms in total. The number of methoxy groups -OCH3 is 1. The number of benzene rings is 2. The Morgan fingerprint density at radius 3 is 2.38 bits per heavy atom. The summed E-state index contributed by atoms with van der Waals surface area (Å²) in [6.07, 6.45) is -0.295. The van der Waals surface area contributed by atoms with Gasteiger partial charge >= 0.3 is 12.1 Å². The number of rotatable bonds is 4. The second-order valence-electron chi connectivity index (χ2n) is 6.06. The van der Waals surface area contributed by atoms with Gasteiger partial charge in [-0.15, -0.1) is 0 Å². The van der Waals surface area contributed by atoms with E-state index >= 15 is 0 Å². The number of carbonyl (C=O) groups excluding carboxylic acids is 2. The highest BCUT2D eigenvalue weighted by molar-refractivity contribution is 5.90. The number of piperazine rings is 1. The second kappa shape index (κ2) is 8.38. The molecular formula is C20H22N2O4. The Balaban J connectivity index is 1.52. The Morgan fingerprint density at radius 1 is 0.962 bits per heavy atom. The number of hydrogen-bond acceptors (Lipinski definition) is 5. The summed E-state index contributed by atoms with van der Waals surface area (Å²) in [4.78, 5) is 27.7. The van der Waals surface area contributed by atoms with Gasteiger partial charge in [-0.05, 0) is 23.8 Å². The van der Waals surface area contributed by atoms with Crippen molar-refractivity contribution in [3.8, 4) is 0 Å². The SMILES string of the molecule is COC(=O)c1cccc(N2CCN(C(=O)OCc3ccccc3)CC2)c1. The first-order valence-electron chi connectivity index (χ1n) is 8.56. The van der Waals surface area contributed by atoms with Crippen LogP contribution in [0.15, 0.2) is 54.6 Å². The van der Waals surface area contributed by atoms with Crippen molar-refractivity contribution >= 4 is 17.7 Å². The number of esters is 1. The van der Waals surface area contributed by atoms with E-state index in [4.69, 9.17) is 9.47 Å². The molecule has 0 spiro atoms.